The molecular formula is C28H36N6O4. The van der Waals surface area contributed by atoms with Crippen LogP contribution in [0.1, 0.15) is 64.1 Å². The summed E-state index contributed by atoms with van der Waals surface area (Å²) >= 11 is 0. The number of nitrogens with one attached hydrogen (secondary N) is 1. The third-order valence-corrected chi connectivity index (χ3v) is 7.47. The van der Waals surface area contributed by atoms with E-state index in [9.17, 15) is 19.5 Å². The van der Waals surface area contributed by atoms with Crippen molar-refractivity contribution in [3.8, 4) is 0 Å². The summed E-state index contributed by atoms with van der Waals surface area (Å²) in [5.41, 5.74) is 0.359. The Bertz CT molecular complexity index is 1390. The number of likely N-dealkylation sites (tertiary alicyclic amines) is 1. The molecule has 0 bridgehead atoms. The van der Waals surface area contributed by atoms with Crippen molar-refractivity contribution in [2.75, 3.05) is 13.1 Å². The number of carbonyl (C=O) groups is 2. The molecule has 10 heteroatoms. The van der Waals surface area contributed by atoms with E-state index in [0.29, 0.717) is 30.8 Å². The first-order valence-corrected chi connectivity index (χ1v) is 13.4. The maximum absolute atomic E-state index is 13.8. The fourth-order valence-corrected chi connectivity index (χ4v) is 5.31. The molecule has 2 N–H and O–H groups in total. The summed E-state index contributed by atoms with van der Waals surface area (Å²) in [4.78, 5) is 41.2. The smallest absolute Gasteiger partial charge is 0.258 e. The van der Waals surface area contributed by atoms with E-state index < -0.39 is 23.6 Å². The second-order valence-electron chi connectivity index (χ2n) is 11.6. The van der Waals surface area contributed by atoms with E-state index in [2.05, 4.69) is 15.6 Å². The summed E-state index contributed by atoms with van der Waals surface area (Å²) < 4.78 is 3.27. The quantitative estimate of drug-likeness (QED) is 0.439. The van der Waals surface area contributed by atoms with Gasteiger partial charge in [-0.1, -0.05) is 44.2 Å². The van der Waals surface area contributed by atoms with Crippen LogP contribution in [0.25, 0.3) is 10.8 Å². The van der Waals surface area contributed by atoms with Crippen molar-refractivity contribution in [3.63, 3.8) is 0 Å². The van der Waals surface area contributed by atoms with Crippen LogP contribution in [0.4, 0.5) is 0 Å². The lowest BCUT2D eigenvalue weighted by atomic mass is 9.85. The number of hydrogen-bond donors (Lipinski definition) is 2. The number of amides is 2. The Balaban J connectivity index is 1.23. The molecule has 0 spiro atoms. The van der Waals surface area contributed by atoms with Crippen LogP contribution >= 0.6 is 0 Å². The molecule has 3 aromatic rings. The Hall–Kier alpha value is -3.53. The number of hydrogen-bond acceptors (Lipinski definition) is 6. The van der Waals surface area contributed by atoms with Crippen LogP contribution in [0.5, 0.6) is 0 Å². The number of rotatable bonds is 8. The Morgan fingerprint density at radius 3 is 2.68 bits per heavy atom. The summed E-state index contributed by atoms with van der Waals surface area (Å²) in [6, 6.07) is 7.95. The zero-order valence-electron chi connectivity index (χ0n) is 22.2. The molecule has 10 nitrogen and oxygen atoms in total. The normalized spacial score (nSPS) is 20.6. The molecule has 0 radical (unpaired) electrons. The van der Waals surface area contributed by atoms with Crippen LogP contribution in [-0.4, -0.2) is 66.6 Å². The highest BCUT2D eigenvalue weighted by Crippen LogP contribution is 2.40. The summed E-state index contributed by atoms with van der Waals surface area (Å²) in [5, 5.41) is 23.4. The Morgan fingerprint density at radius 2 is 1.95 bits per heavy atom. The number of carbonyl (C=O) groups excluding carboxylic acids is 2. The molecule has 1 saturated carbocycles. The third kappa shape index (κ3) is 5.36. The van der Waals surface area contributed by atoms with Crippen molar-refractivity contribution in [1.82, 2.24) is 29.8 Å². The van der Waals surface area contributed by atoms with Gasteiger partial charge in [0.1, 0.15) is 12.1 Å². The fourth-order valence-electron chi connectivity index (χ4n) is 5.31. The molecule has 2 aliphatic rings. The van der Waals surface area contributed by atoms with Gasteiger partial charge in [-0.15, -0.1) is 5.10 Å². The minimum absolute atomic E-state index is 0.0590. The molecule has 5 rings (SSSR count). The molecule has 1 aromatic carbocycles. The van der Waals surface area contributed by atoms with Crippen LogP contribution < -0.4 is 10.9 Å². The summed E-state index contributed by atoms with van der Waals surface area (Å²) in [6.45, 7) is 6.80. The molecular weight excluding hydrogens is 484 g/mol. The van der Waals surface area contributed by atoms with E-state index in [4.69, 9.17) is 0 Å². The molecule has 3 heterocycles. The summed E-state index contributed by atoms with van der Waals surface area (Å²) in [6.07, 6.45) is 5.76. The maximum atomic E-state index is 13.8. The van der Waals surface area contributed by atoms with E-state index in [-0.39, 0.29) is 30.3 Å². The molecule has 2 amide bonds. The van der Waals surface area contributed by atoms with E-state index in [1.165, 1.54) is 4.90 Å². The van der Waals surface area contributed by atoms with Gasteiger partial charge in [-0.05, 0) is 42.2 Å². The number of aliphatic hydroxyl groups is 1. The zero-order valence-corrected chi connectivity index (χ0v) is 22.2. The number of β-amino-alcohol motifs (C(OH)–C–C–N with tert-alkyl or cyclic N) is 1. The van der Waals surface area contributed by atoms with Crippen molar-refractivity contribution >= 4 is 22.6 Å². The number of aromatic nitrogens is 4. The van der Waals surface area contributed by atoms with Crippen molar-refractivity contribution < 1.29 is 14.7 Å². The highest BCUT2D eigenvalue weighted by molar-refractivity contribution is 5.90. The number of benzene rings is 1. The molecule has 3 atom stereocenters. The van der Waals surface area contributed by atoms with E-state index in [1.54, 1.807) is 15.4 Å². The predicted molar refractivity (Wildman–Crippen MR) is 142 cm³/mol. The van der Waals surface area contributed by atoms with Crippen LogP contribution in [0.2, 0.25) is 0 Å². The van der Waals surface area contributed by atoms with E-state index in [0.717, 1.165) is 23.9 Å². The van der Waals surface area contributed by atoms with Crippen molar-refractivity contribution in [2.24, 2.45) is 5.41 Å². The lowest BCUT2D eigenvalue weighted by Gasteiger charge is -2.34. The van der Waals surface area contributed by atoms with Gasteiger partial charge in [-0.3, -0.25) is 14.4 Å². The number of nitrogens with zero attached hydrogens (tertiary/aromatic N) is 5. The van der Waals surface area contributed by atoms with Gasteiger partial charge in [0.15, 0.2) is 0 Å². The van der Waals surface area contributed by atoms with E-state index >= 15 is 0 Å². The van der Waals surface area contributed by atoms with Crippen molar-refractivity contribution in [2.45, 2.75) is 77.1 Å². The molecule has 1 aliphatic heterocycles. The van der Waals surface area contributed by atoms with Crippen LogP contribution in [0.15, 0.2) is 47.5 Å². The highest BCUT2D eigenvalue weighted by Gasteiger charge is 2.45. The molecule has 38 heavy (non-hydrogen) atoms. The standard InChI is InChI=1S/C28H36N6O4/c1-28(2,3)24(34-17-22(30-31-34)19-9-10-19)27(38)33-16-20(35)15-23(33)25(36)29-12-6-13-32-14-11-18-7-4-5-8-21(18)26(32)37/h4-5,7-8,11,14,17,19-20,23-24,35H,6,9-10,12-13,15-16H2,1-3H3,(H,29,36)/t20-,23+,24-/m1/s1. The first-order chi connectivity index (χ1) is 18.1. The van der Waals surface area contributed by atoms with Gasteiger partial charge in [0, 0.05) is 49.8 Å². The van der Waals surface area contributed by atoms with E-state index in [1.807, 2.05) is 57.3 Å². The number of aryl methyl sites for hydroxylation is 1. The van der Waals surface area contributed by atoms with Crippen LogP contribution in [-0.2, 0) is 16.1 Å². The molecule has 1 saturated heterocycles. The Labute approximate surface area is 221 Å². The summed E-state index contributed by atoms with van der Waals surface area (Å²) in [7, 11) is 0. The van der Waals surface area contributed by atoms with Crippen molar-refractivity contribution in [3.05, 3.63) is 58.8 Å². The molecule has 202 valence electrons. The van der Waals surface area contributed by atoms with Gasteiger partial charge in [0.2, 0.25) is 11.8 Å². The molecule has 2 aromatic heterocycles. The van der Waals surface area contributed by atoms with Gasteiger partial charge < -0.3 is 19.9 Å². The average molecular weight is 521 g/mol. The lowest BCUT2D eigenvalue weighted by Crippen LogP contribution is -2.50. The number of pyridine rings is 1. The van der Waals surface area contributed by atoms with Gasteiger partial charge in [-0.25, -0.2) is 4.68 Å². The van der Waals surface area contributed by atoms with Gasteiger partial charge >= 0.3 is 0 Å². The second kappa shape index (κ2) is 10.3. The highest BCUT2D eigenvalue weighted by atomic mass is 16.3. The first-order valence-electron chi connectivity index (χ1n) is 13.4. The second-order valence-corrected chi connectivity index (χ2v) is 11.6. The minimum Gasteiger partial charge on any atom is -0.391 e. The monoisotopic (exact) mass is 520 g/mol. The fraction of sp³-hybridized carbons (Fsp3) is 0.536. The van der Waals surface area contributed by atoms with Crippen LogP contribution in [0, 0.1) is 5.41 Å². The van der Waals surface area contributed by atoms with Gasteiger partial charge in [0.25, 0.3) is 5.56 Å². The third-order valence-electron chi connectivity index (χ3n) is 7.47. The Kier molecular flexibility index (Phi) is 7.09. The average Bonchev–Trinajstić information content (AvgIpc) is 3.49. The number of fused-ring (bicyclic) bond motifs is 1. The zero-order chi connectivity index (χ0) is 27.0. The molecule has 1 aliphatic carbocycles. The molecule has 2 fully saturated rings. The largest absolute Gasteiger partial charge is 0.391 e. The topological polar surface area (TPSA) is 122 Å². The first kappa shape index (κ1) is 26.1. The van der Waals surface area contributed by atoms with Crippen LogP contribution in [0.3, 0.4) is 0 Å². The lowest BCUT2D eigenvalue weighted by molar-refractivity contribution is -0.144. The minimum atomic E-state index is -0.774. The van der Waals surface area contributed by atoms with Crippen molar-refractivity contribution in [1.29, 1.82) is 0 Å². The summed E-state index contributed by atoms with van der Waals surface area (Å²) in [5.74, 6) is -0.132. The maximum Gasteiger partial charge on any atom is 0.258 e. The van der Waals surface area contributed by atoms with Gasteiger partial charge in [0.05, 0.1) is 11.8 Å². The predicted octanol–water partition coefficient (Wildman–Crippen LogP) is 2.23. The SMILES string of the molecule is CC(C)(C)[C@@H](C(=O)N1C[C@H](O)C[C@H]1C(=O)NCCCn1ccc2ccccc2c1=O)n1cc(C2CC2)nn1. The number of aliphatic hydroxyl groups excluding tert-OH is 1. The van der Waals surface area contributed by atoms with Gasteiger partial charge in [-0.2, -0.15) is 0 Å². The Morgan fingerprint density at radius 1 is 1.18 bits per heavy atom. The molecule has 0 unspecified atom stereocenters.